The van der Waals surface area contributed by atoms with Crippen LogP contribution in [0.15, 0.2) is 12.4 Å². The van der Waals surface area contributed by atoms with Crippen LogP contribution in [0.25, 0.3) is 0 Å². The quantitative estimate of drug-likeness (QED) is 0.565. The minimum atomic E-state index is -0.611. The normalized spacial score (nSPS) is 11.6. The van der Waals surface area contributed by atoms with Gasteiger partial charge in [0, 0.05) is 5.69 Å². The molecule has 12 heavy (non-hydrogen) atoms. The summed E-state index contributed by atoms with van der Waals surface area (Å²) in [4.78, 5) is 7.84. The van der Waals surface area contributed by atoms with Crippen molar-refractivity contribution in [2.45, 2.75) is 20.0 Å². The summed E-state index contributed by atoms with van der Waals surface area (Å²) in [6, 6.07) is 1.77. The van der Waals surface area contributed by atoms with Gasteiger partial charge in [-0.2, -0.15) is 0 Å². The minimum Gasteiger partial charge on any atom is -0.381 e. The zero-order chi connectivity index (χ0) is 8.97. The zero-order valence-corrected chi connectivity index (χ0v) is 7.07. The number of hydrogen-bond donors (Lipinski definition) is 1. The highest BCUT2D eigenvalue weighted by atomic mass is 16.3. The molecule has 1 N–H and O–H groups in total. The van der Waals surface area contributed by atoms with Gasteiger partial charge in [0.25, 0.3) is 0 Å². The first kappa shape index (κ1) is 8.69. The third-order valence-electron chi connectivity index (χ3n) is 1.21. The van der Waals surface area contributed by atoms with Crippen LogP contribution in [-0.4, -0.2) is 21.2 Å². The van der Waals surface area contributed by atoms with Gasteiger partial charge in [-0.15, -0.1) is 0 Å². The summed E-state index contributed by atoms with van der Waals surface area (Å²) < 4.78 is 0. The number of aryl methyl sites for hydroxylation is 1. The van der Waals surface area contributed by atoms with E-state index in [0.717, 1.165) is 5.69 Å². The Labute approximate surface area is 71.5 Å². The van der Waals surface area contributed by atoms with E-state index in [1.807, 2.05) is 6.92 Å². The van der Waals surface area contributed by atoms with Gasteiger partial charge in [-0.05, 0) is 25.8 Å². The van der Waals surface area contributed by atoms with Gasteiger partial charge in [0.1, 0.15) is 18.1 Å². The van der Waals surface area contributed by atoms with E-state index < -0.39 is 6.10 Å². The Morgan fingerprint density at radius 2 is 2.25 bits per heavy atom. The van der Waals surface area contributed by atoms with Crippen LogP contribution in [0.2, 0.25) is 0 Å². The number of rotatable bonds is 0. The molecule has 0 aromatic carbocycles. The van der Waals surface area contributed by atoms with Crippen molar-refractivity contribution in [3.8, 4) is 11.8 Å². The van der Waals surface area contributed by atoms with Crippen molar-refractivity contribution in [2.24, 2.45) is 0 Å². The number of nitrogens with zero attached hydrogens (tertiary/aromatic N) is 2. The molecule has 3 nitrogen and oxygen atoms in total. The average Bonchev–Trinajstić information content (AvgIpc) is 2.01. The molecule has 0 unspecified atom stereocenters. The third kappa shape index (κ3) is 2.69. The number of aliphatic hydroxyl groups is 1. The Bertz CT molecular complexity index is 323. The van der Waals surface area contributed by atoms with E-state index in [0.29, 0.717) is 5.69 Å². The van der Waals surface area contributed by atoms with Gasteiger partial charge in [-0.1, -0.05) is 5.92 Å². The standard InChI is InChI=1S/C9H10N2O/c1-7-5-9(11-6-10-7)4-3-8(2)12/h5-6,8,12H,1-2H3/t8-/m1/s1. The Morgan fingerprint density at radius 3 is 2.83 bits per heavy atom. The van der Waals surface area contributed by atoms with Crippen LogP contribution >= 0.6 is 0 Å². The second-order valence-electron chi connectivity index (χ2n) is 2.49. The lowest BCUT2D eigenvalue weighted by Gasteiger charge is -1.91. The maximum atomic E-state index is 8.87. The van der Waals surface area contributed by atoms with E-state index >= 15 is 0 Å². The highest BCUT2D eigenvalue weighted by Crippen LogP contribution is 1.93. The van der Waals surface area contributed by atoms with Crippen LogP contribution in [0.4, 0.5) is 0 Å². The molecular weight excluding hydrogens is 152 g/mol. The Balaban J connectivity index is 2.85. The van der Waals surface area contributed by atoms with Gasteiger partial charge in [-0.3, -0.25) is 0 Å². The zero-order valence-electron chi connectivity index (χ0n) is 7.07. The fourth-order valence-corrected chi connectivity index (χ4v) is 0.701. The predicted octanol–water partition coefficient (Wildman–Crippen LogP) is 0.517. The fourth-order valence-electron chi connectivity index (χ4n) is 0.701. The van der Waals surface area contributed by atoms with Crippen molar-refractivity contribution >= 4 is 0 Å². The highest BCUT2D eigenvalue weighted by Gasteiger charge is 1.90. The van der Waals surface area contributed by atoms with E-state index in [1.165, 1.54) is 6.33 Å². The molecular formula is C9H10N2O. The van der Waals surface area contributed by atoms with E-state index in [-0.39, 0.29) is 0 Å². The molecule has 0 fully saturated rings. The Morgan fingerprint density at radius 1 is 1.50 bits per heavy atom. The molecule has 0 radical (unpaired) electrons. The molecule has 0 spiro atoms. The van der Waals surface area contributed by atoms with Crippen LogP contribution in [0.3, 0.4) is 0 Å². The molecule has 0 saturated heterocycles. The van der Waals surface area contributed by atoms with Gasteiger partial charge < -0.3 is 5.11 Å². The molecule has 62 valence electrons. The van der Waals surface area contributed by atoms with E-state index in [9.17, 15) is 0 Å². The summed E-state index contributed by atoms with van der Waals surface area (Å²) in [6.45, 7) is 3.48. The van der Waals surface area contributed by atoms with Crippen LogP contribution < -0.4 is 0 Å². The molecule has 1 rings (SSSR count). The van der Waals surface area contributed by atoms with Gasteiger partial charge in [0.05, 0.1) is 0 Å². The van der Waals surface area contributed by atoms with Crippen LogP contribution in [0, 0.1) is 18.8 Å². The number of aromatic nitrogens is 2. The molecule has 0 aliphatic rings. The van der Waals surface area contributed by atoms with Crippen LogP contribution in [0.5, 0.6) is 0 Å². The second kappa shape index (κ2) is 3.84. The van der Waals surface area contributed by atoms with Crippen molar-refractivity contribution in [1.82, 2.24) is 9.97 Å². The first-order valence-corrected chi connectivity index (χ1v) is 3.67. The summed E-state index contributed by atoms with van der Waals surface area (Å²) >= 11 is 0. The molecule has 0 aliphatic heterocycles. The third-order valence-corrected chi connectivity index (χ3v) is 1.21. The van der Waals surface area contributed by atoms with E-state index in [2.05, 4.69) is 21.8 Å². The summed E-state index contributed by atoms with van der Waals surface area (Å²) in [5.74, 6) is 5.34. The highest BCUT2D eigenvalue weighted by molar-refractivity contribution is 5.28. The van der Waals surface area contributed by atoms with Crippen molar-refractivity contribution in [1.29, 1.82) is 0 Å². The van der Waals surface area contributed by atoms with Gasteiger partial charge in [-0.25, -0.2) is 9.97 Å². The van der Waals surface area contributed by atoms with Crippen molar-refractivity contribution in [3.63, 3.8) is 0 Å². The van der Waals surface area contributed by atoms with Gasteiger partial charge >= 0.3 is 0 Å². The van der Waals surface area contributed by atoms with E-state index in [4.69, 9.17) is 5.11 Å². The lowest BCUT2D eigenvalue weighted by molar-refractivity contribution is 0.253. The average molecular weight is 162 g/mol. The molecule has 0 aliphatic carbocycles. The van der Waals surface area contributed by atoms with E-state index in [1.54, 1.807) is 13.0 Å². The smallest absolute Gasteiger partial charge is 0.117 e. The van der Waals surface area contributed by atoms with Crippen molar-refractivity contribution in [3.05, 3.63) is 23.8 Å². The number of aliphatic hydroxyl groups excluding tert-OH is 1. The molecule has 1 atom stereocenters. The lowest BCUT2D eigenvalue weighted by Crippen LogP contribution is -1.94. The molecule has 0 bridgehead atoms. The first-order chi connectivity index (χ1) is 5.68. The SMILES string of the molecule is Cc1cc(C#C[C@@H](C)O)ncn1. The predicted molar refractivity (Wildman–Crippen MR) is 45.3 cm³/mol. The maximum absolute atomic E-state index is 8.87. The van der Waals surface area contributed by atoms with Crippen molar-refractivity contribution < 1.29 is 5.11 Å². The summed E-state index contributed by atoms with van der Waals surface area (Å²) in [7, 11) is 0. The molecule has 1 aromatic heterocycles. The Kier molecular flexibility index (Phi) is 2.78. The van der Waals surface area contributed by atoms with Gasteiger partial charge in [0.15, 0.2) is 0 Å². The van der Waals surface area contributed by atoms with Gasteiger partial charge in [0.2, 0.25) is 0 Å². The molecule has 1 aromatic rings. The summed E-state index contributed by atoms with van der Waals surface area (Å²) in [6.07, 6.45) is 0.849. The topological polar surface area (TPSA) is 46.0 Å². The molecule has 1 heterocycles. The maximum Gasteiger partial charge on any atom is 0.117 e. The minimum absolute atomic E-state index is 0.611. The second-order valence-corrected chi connectivity index (χ2v) is 2.49. The monoisotopic (exact) mass is 162 g/mol. The molecule has 0 amide bonds. The molecule has 3 heteroatoms. The van der Waals surface area contributed by atoms with Crippen molar-refractivity contribution in [2.75, 3.05) is 0 Å². The Hall–Kier alpha value is -1.40. The first-order valence-electron chi connectivity index (χ1n) is 3.67. The largest absolute Gasteiger partial charge is 0.381 e. The summed E-state index contributed by atoms with van der Waals surface area (Å²) in [5.41, 5.74) is 1.52. The van der Waals surface area contributed by atoms with Crippen LogP contribution in [0.1, 0.15) is 18.3 Å². The van der Waals surface area contributed by atoms with Crippen LogP contribution in [-0.2, 0) is 0 Å². The molecule has 0 saturated carbocycles. The number of hydrogen-bond acceptors (Lipinski definition) is 3. The summed E-state index contributed by atoms with van der Waals surface area (Å²) in [5, 5.41) is 8.87. The lowest BCUT2D eigenvalue weighted by atomic mass is 10.3. The fraction of sp³-hybridized carbons (Fsp3) is 0.333.